The number of rotatable bonds is 4. The summed E-state index contributed by atoms with van der Waals surface area (Å²) in [7, 11) is 1.88. The first-order valence-corrected chi connectivity index (χ1v) is 10.1. The van der Waals surface area contributed by atoms with E-state index in [1.54, 1.807) is 4.68 Å². The number of nitrogens with one attached hydrogen (secondary N) is 1. The first-order valence-electron chi connectivity index (χ1n) is 9.69. The average Bonchev–Trinajstić information content (AvgIpc) is 3.24. The van der Waals surface area contributed by atoms with Crippen LogP contribution in [0.1, 0.15) is 61.9 Å². The molecule has 1 aromatic carbocycles. The van der Waals surface area contributed by atoms with Crippen molar-refractivity contribution in [3.8, 4) is 5.69 Å². The Morgan fingerprint density at radius 1 is 1.25 bits per heavy atom. The molecule has 0 saturated carbocycles. The van der Waals surface area contributed by atoms with Crippen molar-refractivity contribution >= 4 is 29.9 Å². The summed E-state index contributed by atoms with van der Waals surface area (Å²) in [6.45, 7) is 4.08. The van der Waals surface area contributed by atoms with Gasteiger partial charge in [0.05, 0.1) is 10.7 Å². The molecule has 2 aliphatic heterocycles. The minimum absolute atomic E-state index is 0. The molecule has 2 unspecified atom stereocenters. The van der Waals surface area contributed by atoms with Gasteiger partial charge in [-0.2, -0.15) is 0 Å². The summed E-state index contributed by atoms with van der Waals surface area (Å²) < 4.78 is 1.71. The molecule has 2 bridgehead atoms. The number of hydrogen-bond acceptors (Lipinski definition) is 4. The maximum atomic E-state index is 13.1. The second-order valence-electron chi connectivity index (χ2n) is 7.99. The standard InChI is InChI=1S/C20H26ClN5O.ClH/c1-12(2)19-23-18(24-26(19)17-7-5-4-6-16(17)21)20(27)25(3)15-10-13-8-9-14(11-15)22-13;/h4-7,12-15,22H,8-11H2,1-3H3;1H. The monoisotopic (exact) mass is 423 g/mol. The molecule has 8 heteroatoms. The average molecular weight is 424 g/mol. The first kappa shape index (κ1) is 21.1. The topological polar surface area (TPSA) is 63.1 Å². The van der Waals surface area contributed by atoms with Gasteiger partial charge in [-0.1, -0.05) is 37.6 Å². The molecule has 1 amide bonds. The molecule has 1 N–H and O–H groups in total. The molecular weight excluding hydrogens is 397 g/mol. The van der Waals surface area contributed by atoms with Gasteiger partial charge in [0, 0.05) is 31.1 Å². The largest absolute Gasteiger partial charge is 0.336 e. The zero-order chi connectivity index (χ0) is 19.1. The summed E-state index contributed by atoms with van der Waals surface area (Å²) >= 11 is 6.36. The van der Waals surface area contributed by atoms with Gasteiger partial charge in [0.1, 0.15) is 5.82 Å². The van der Waals surface area contributed by atoms with E-state index >= 15 is 0 Å². The highest BCUT2D eigenvalue weighted by Crippen LogP contribution is 2.30. The Morgan fingerprint density at radius 3 is 2.50 bits per heavy atom. The number of carbonyl (C=O) groups is 1. The van der Waals surface area contributed by atoms with Gasteiger partial charge in [-0.25, -0.2) is 9.67 Å². The van der Waals surface area contributed by atoms with Crippen LogP contribution in [0.15, 0.2) is 24.3 Å². The number of aromatic nitrogens is 3. The van der Waals surface area contributed by atoms with Gasteiger partial charge in [0.25, 0.3) is 5.91 Å². The van der Waals surface area contributed by atoms with Gasteiger partial charge in [-0.3, -0.25) is 4.79 Å². The van der Waals surface area contributed by atoms with E-state index in [1.165, 1.54) is 12.8 Å². The van der Waals surface area contributed by atoms with Gasteiger partial charge >= 0.3 is 0 Å². The number of amides is 1. The zero-order valence-corrected chi connectivity index (χ0v) is 18.0. The summed E-state index contributed by atoms with van der Waals surface area (Å²) in [4.78, 5) is 19.5. The maximum Gasteiger partial charge on any atom is 0.293 e. The third kappa shape index (κ3) is 3.91. The normalized spacial score (nSPS) is 23.5. The molecule has 152 valence electrons. The lowest BCUT2D eigenvalue weighted by Crippen LogP contribution is -2.48. The molecule has 2 aliphatic rings. The van der Waals surface area contributed by atoms with E-state index in [1.807, 2.05) is 50.1 Å². The van der Waals surface area contributed by atoms with Crippen LogP contribution in [0.5, 0.6) is 0 Å². The summed E-state index contributed by atoms with van der Waals surface area (Å²) in [6, 6.07) is 8.81. The van der Waals surface area contributed by atoms with E-state index in [2.05, 4.69) is 15.4 Å². The number of para-hydroxylation sites is 1. The summed E-state index contributed by atoms with van der Waals surface area (Å²) in [5, 5.41) is 8.76. The molecule has 2 saturated heterocycles. The van der Waals surface area contributed by atoms with E-state index in [9.17, 15) is 4.79 Å². The molecular formula is C20H27Cl2N5O. The van der Waals surface area contributed by atoms with E-state index in [0.29, 0.717) is 17.1 Å². The van der Waals surface area contributed by atoms with Crippen molar-refractivity contribution < 1.29 is 4.79 Å². The van der Waals surface area contributed by atoms with Gasteiger partial charge in [0.15, 0.2) is 0 Å². The van der Waals surface area contributed by atoms with Crippen molar-refractivity contribution in [1.29, 1.82) is 0 Å². The van der Waals surface area contributed by atoms with Crippen LogP contribution in [0.2, 0.25) is 5.02 Å². The van der Waals surface area contributed by atoms with Crippen molar-refractivity contribution in [2.45, 2.75) is 63.6 Å². The second-order valence-corrected chi connectivity index (χ2v) is 8.40. The Labute approximate surface area is 177 Å². The fourth-order valence-electron chi connectivity index (χ4n) is 4.26. The van der Waals surface area contributed by atoms with Crippen molar-refractivity contribution in [2.75, 3.05) is 7.05 Å². The molecule has 28 heavy (non-hydrogen) atoms. The fraction of sp³-hybridized carbons (Fsp3) is 0.550. The zero-order valence-electron chi connectivity index (χ0n) is 16.4. The van der Waals surface area contributed by atoms with E-state index in [0.717, 1.165) is 24.4 Å². The number of fused-ring (bicyclic) bond motifs is 2. The minimum atomic E-state index is -0.117. The number of halogens is 2. The number of piperidine rings is 1. The highest BCUT2D eigenvalue weighted by Gasteiger charge is 2.37. The molecule has 0 spiro atoms. The van der Waals surface area contributed by atoms with Crippen LogP contribution in [0.3, 0.4) is 0 Å². The number of benzene rings is 1. The smallest absolute Gasteiger partial charge is 0.293 e. The van der Waals surface area contributed by atoms with Crippen molar-refractivity contribution in [3.63, 3.8) is 0 Å². The molecule has 3 heterocycles. The molecule has 0 aliphatic carbocycles. The highest BCUT2D eigenvalue weighted by atomic mass is 35.5. The van der Waals surface area contributed by atoms with Gasteiger partial charge in [0.2, 0.25) is 5.82 Å². The van der Waals surface area contributed by atoms with Crippen LogP contribution in [0.4, 0.5) is 0 Å². The summed E-state index contributed by atoms with van der Waals surface area (Å²) in [5.41, 5.74) is 0.747. The predicted molar refractivity (Wildman–Crippen MR) is 113 cm³/mol. The Bertz CT molecular complexity index is 841. The number of carbonyl (C=O) groups excluding carboxylic acids is 1. The Morgan fingerprint density at radius 2 is 1.89 bits per heavy atom. The third-order valence-corrected chi connectivity index (χ3v) is 6.06. The Hall–Kier alpha value is -1.63. The number of hydrogen-bond donors (Lipinski definition) is 1. The van der Waals surface area contributed by atoms with E-state index < -0.39 is 0 Å². The van der Waals surface area contributed by atoms with E-state index in [4.69, 9.17) is 11.6 Å². The summed E-state index contributed by atoms with van der Waals surface area (Å²) in [6.07, 6.45) is 4.42. The fourth-order valence-corrected chi connectivity index (χ4v) is 4.47. The van der Waals surface area contributed by atoms with Crippen LogP contribution in [0.25, 0.3) is 5.69 Å². The molecule has 6 nitrogen and oxygen atoms in total. The van der Waals surface area contributed by atoms with Crippen LogP contribution >= 0.6 is 24.0 Å². The van der Waals surface area contributed by atoms with Crippen LogP contribution in [0, 0.1) is 0 Å². The van der Waals surface area contributed by atoms with Gasteiger partial charge in [-0.15, -0.1) is 17.5 Å². The highest BCUT2D eigenvalue weighted by molar-refractivity contribution is 6.32. The number of nitrogens with zero attached hydrogens (tertiary/aromatic N) is 4. The Balaban J connectivity index is 0.00000225. The Kier molecular flexibility index (Phi) is 6.32. The predicted octanol–water partition coefficient (Wildman–Crippen LogP) is 3.82. The quantitative estimate of drug-likeness (QED) is 0.811. The lowest BCUT2D eigenvalue weighted by Gasteiger charge is -2.35. The molecule has 0 radical (unpaired) electrons. The van der Waals surface area contributed by atoms with Crippen molar-refractivity contribution in [3.05, 3.63) is 40.9 Å². The lowest BCUT2D eigenvalue weighted by molar-refractivity contribution is 0.0669. The minimum Gasteiger partial charge on any atom is -0.336 e. The van der Waals surface area contributed by atoms with Crippen molar-refractivity contribution in [1.82, 2.24) is 25.0 Å². The van der Waals surface area contributed by atoms with Crippen LogP contribution < -0.4 is 5.32 Å². The molecule has 2 aromatic rings. The van der Waals surface area contributed by atoms with Crippen LogP contribution in [-0.2, 0) is 0 Å². The van der Waals surface area contributed by atoms with Gasteiger partial charge < -0.3 is 10.2 Å². The van der Waals surface area contributed by atoms with Gasteiger partial charge in [-0.05, 0) is 37.8 Å². The van der Waals surface area contributed by atoms with Crippen molar-refractivity contribution in [2.24, 2.45) is 0 Å². The third-order valence-electron chi connectivity index (χ3n) is 5.74. The lowest BCUT2D eigenvalue weighted by atomic mass is 9.98. The second kappa shape index (κ2) is 8.39. The molecule has 2 fully saturated rings. The molecule has 2 atom stereocenters. The van der Waals surface area contributed by atoms with Crippen LogP contribution in [-0.4, -0.2) is 50.7 Å². The first-order chi connectivity index (χ1) is 12.9. The van der Waals surface area contributed by atoms with E-state index in [-0.39, 0.29) is 36.1 Å². The maximum absolute atomic E-state index is 13.1. The molecule has 4 rings (SSSR count). The summed E-state index contributed by atoms with van der Waals surface area (Å²) in [5.74, 6) is 0.988. The SMILES string of the molecule is CC(C)c1nc(C(=O)N(C)C2CC3CCC(C2)N3)nn1-c1ccccc1Cl.Cl. The molecule has 1 aromatic heterocycles.